The largest absolute Gasteiger partial charge is 0.473 e. The maximum absolute atomic E-state index is 13.1. The molecule has 2 aliphatic rings. The molecule has 0 radical (unpaired) electrons. The summed E-state index contributed by atoms with van der Waals surface area (Å²) in [5.41, 5.74) is 4.83. The zero-order chi connectivity index (χ0) is 43.8. The summed E-state index contributed by atoms with van der Waals surface area (Å²) in [5.74, 6) is 1.23. The molecule has 2 aromatic carbocycles. The highest BCUT2D eigenvalue weighted by atomic mass is 35.5. The number of benzene rings is 2. The Morgan fingerprint density at radius 2 is 1.52 bits per heavy atom. The summed E-state index contributed by atoms with van der Waals surface area (Å²) < 4.78 is 61.2. The number of ether oxygens (including phenoxy) is 3. The van der Waals surface area contributed by atoms with E-state index in [1.54, 1.807) is 84.3 Å². The van der Waals surface area contributed by atoms with E-state index < -0.39 is 18.2 Å². The normalized spacial score (nSPS) is 14.7. The van der Waals surface area contributed by atoms with E-state index in [0.29, 0.717) is 51.0 Å². The summed E-state index contributed by atoms with van der Waals surface area (Å²) in [6, 6.07) is 12.2. The number of hydrogen-bond acceptors (Lipinski definition) is 15. The number of halogens is 5. The van der Waals surface area contributed by atoms with Crippen molar-refractivity contribution in [1.82, 2.24) is 54.0 Å². The van der Waals surface area contributed by atoms with E-state index in [4.69, 9.17) is 47.4 Å². The third-order valence-corrected chi connectivity index (χ3v) is 11.2. The molecule has 16 nitrogen and oxygen atoms in total. The van der Waals surface area contributed by atoms with Crippen molar-refractivity contribution in [3.63, 3.8) is 0 Å². The van der Waals surface area contributed by atoms with Crippen molar-refractivity contribution in [2.24, 2.45) is 4.99 Å². The van der Waals surface area contributed by atoms with Gasteiger partial charge in [-0.05, 0) is 35.4 Å². The van der Waals surface area contributed by atoms with E-state index in [1.807, 2.05) is 45.1 Å². The van der Waals surface area contributed by atoms with Crippen LogP contribution in [0.25, 0.3) is 22.7 Å². The monoisotopic (exact) mass is 921 g/mol. The maximum Gasteiger partial charge on any atom is 0.434 e. The molecule has 0 saturated heterocycles. The summed E-state index contributed by atoms with van der Waals surface area (Å²) in [5, 5.41) is 6.22. The van der Waals surface area contributed by atoms with Crippen LogP contribution in [0.15, 0.2) is 134 Å². The first-order valence-electron chi connectivity index (χ1n) is 19.0. The predicted octanol–water partition coefficient (Wildman–Crippen LogP) is 8.92. The summed E-state index contributed by atoms with van der Waals surface area (Å²) >= 11 is 13.1. The van der Waals surface area contributed by atoms with E-state index in [0.717, 1.165) is 44.7 Å². The lowest BCUT2D eigenvalue weighted by Crippen LogP contribution is -2.38. The number of alkyl halides is 3. The van der Waals surface area contributed by atoms with Gasteiger partial charge in [0, 0.05) is 77.7 Å². The zero-order valence-electron chi connectivity index (χ0n) is 32.7. The van der Waals surface area contributed by atoms with E-state index in [9.17, 15) is 13.2 Å². The molecule has 6 aromatic heterocycles. The van der Waals surface area contributed by atoms with Gasteiger partial charge in [-0.2, -0.15) is 28.2 Å². The first-order chi connectivity index (χ1) is 31.1. The van der Waals surface area contributed by atoms with Gasteiger partial charge in [-0.15, -0.1) is 0 Å². The third-order valence-electron chi connectivity index (χ3n) is 9.78. The topological polar surface area (TPSA) is 159 Å². The van der Waals surface area contributed by atoms with E-state index in [-0.39, 0.29) is 24.3 Å². The average Bonchev–Trinajstić information content (AvgIpc) is 4.13. The van der Waals surface area contributed by atoms with E-state index in [2.05, 4.69) is 35.0 Å². The smallest absolute Gasteiger partial charge is 0.434 e. The minimum Gasteiger partial charge on any atom is -0.473 e. The van der Waals surface area contributed by atoms with Crippen molar-refractivity contribution in [3.8, 4) is 28.1 Å². The van der Waals surface area contributed by atoms with Gasteiger partial charge in [-0.3, -0.25) is 14.0 Å². The fourth-order valence-electron chi connectivity index (χ4n) is 6.75. The lowest BCUT2D eigenvalue weighted by Gasteiger charge is -2.31. The Labute approximate surface area is 374 Å². The molecule has 320 valence electrons. The number of imidazole rings is 1. The molecule has 0 N–H and O–H groups in total. The molecule has 10 rings (SSSR count). The average molecular weight is 923 g/mol. The van der Waals surface area contributed by atoms with E-state index >= 15 is 0 Å². The Hall–Kier alpha value is -7.42. The van der Waals surface area contributed by atoms with Crippen molar-refractivity contribution in [1.29, 1.82) is 0 Å². The number of rotatable bonds is 12. The Morgan fingerprint density at radius 3 is 2.27 bits per heavy atom. The van der Waals surface area contributed by atoms with Crippen molar-refractivity contribution in [2.45, 2.75) is 32.2 Å². The Morgan fingerprint density at radius 1 is 0.766 bits per heavy atom. The van der Waals surface area contributed by atoms with Crippen LogP contribution in [0.2, 0.25) is 10.0 Å². The number of fused-ring (bicyclic) bond motifs is 2. The molecule has 0 bridgehead atoms. The van der Waals surface area contributed by atoms with Gasteiger partial charge in [0.1, 0.15) is 37.3 Å². The maximum atomic E-state index is 13.1. The number of aliphatic imine (C=N–C) groups is 1. The van der Waals surface area contributed by atoms with Crippen molar-refractivity contribution in [2.75, 3.05) is 4.90 Å². The summed E-state index contributed by atoms with van der Waals surface area (Å²) in [4.78, 5) is 38.8. The quantitative estimate of drug-likeness (QED) is 0.114. The van der Waals surface area contributed by atoms with Gasteiger partial charge in [0.05, 0.1) is 40.4 Å². The minimum absolute atomic E-state index is 0.0492. The highest BCUT2D eigenvalue weighted by Gasteiger charge is 2.38. The standard InChI is InChI=1S/C42H28Cl2F3N13O3S/c43-31-6-3-26(9-32(31)44)16-57-17-27(10-53-57)21-61-37-7-8-58-34(29-13-50-24-51-14-29)18-60(40(58)55-37)35-19-59-33(28-11-48-23-49-12-28)15-52-39(59)56-38(35)62-20-25-1-4-30(5-2-25)63-41-54-36(22-64-41)42(45,46)47/h1-15,17-19,22-24,40H,16,20-21H2. The van der Waals surface area contributed by atoms with Crippen molar-refractivity contribution in [3.05, 3.63) is 167 Å². The van der Waals surface area contributed by atoms with Crippen LogP contribution >= 0.6 is 34.5 Å². The number of aromatic nitrogens is 10. The highest BCUT2D eigenvalue weighted by molar-refractivity contribution is 7.11. The molecule has 0 fully saturated rings. The molecule has 0 aliphatic carbocycles. The Bertz CT molecular complexity index is 3070. The molecule has 0 spiro atoms. The molecular formula is C42H28Cl2F3N13O3S. The molecule has 1 atom stereocenters. The summed E-state index contributed by atoms with van der Waals surface area (Å²) in [7, 11) is 0. The molecule has 8 aromatic rings. The van der Waals surface area contributed by atoms with Crippen molar-refractivity contribution < 1.29 is 27.4 Å². The Balaban J connectivity index is 0.950. The second-order valence-corrected chi connectivity index (χ2v) is 15.7. The Kier molecular flexibility index (Phi) is 10.8. The lowest BCUT2D eigenvalue weighted by molar-refractivity contribution is -0.140. The second-order valence-electron chi connectivity index (χ2n) is 14.1. The molecular weight excluding hydrogens is 895 g/mol. The van der Waals surface area contributed by atoms with E-state index in [1.165, 1.54) is 12.7 Å². The molecule has 2 aliphatic heterocycles. The number of nitrogens with zero attached hydrogens (tertiary/aromatic N) is 13. The van der Waals surface area contributed by atoms with Gasteiger partial charge in [-0.1, -0.05) is 52.7 Å². The van der Waals surface area contributed by atoms with Crippen LogP contribution < -0.4 is 14.4 Å². The SMILES string of the molecule is FC(F)(F)c1csc(Oc2ccc(COc3nc4ncc(-c5cncnc5)n4cc3N3C=C(c4cncnc4)N4C=CC(OCc5cnn(Cc6ccc(Cl)c(Cl)c6)c5)=NC43)cc2)n1. The number of anilines is 1. The highest BCUT2D eigenvalue weighted by Crippen LogP contribution is 2.41. The van der Waals surface area contributed by atoms with Gasteiger partial charge >= 0.3 is 6.18 Å². The first kappa shape index (κ1) is 40.6. The summed E-state index contributed by atoms with van der Waals surface area (Å²) in [6.07, 6.45) is 17.1. The molecule has 8 heterocycles. The summed E-state index contributed by atoms with van der Waals surface area (Å²) in [6.45, 7) is 0.724. The second kappa shape index (κ2) is 17.0. The third kappa shape index (κ3) is 8.52. The lowest BCUT2D eigenvalue weighted by atomic mass is 10.2. The van der Waals surface area contributed by atoms with Gasteiger partial charge in [0.15, 0.2) is 5.69 Å². The van der Waals surface area contributed by atoms with Gasteiger partial charge in [0.2, 0.25) is 23.8 Å². The molecule has 0 saturated carbocycles. The van der Waals surface area contributed by atoms with Crippen LogP contribution in [0, 0.1) is 0 Å². The van der Waals surface area contributed by atoms with Crippen molar-refractivity contribution >= 4 is 57.6 Å². The predicted molar refractivity (Wildman–Crippen MR) is 229 cm³/mol. The fraction of sp³-hybridized carbons (Fsp3) is 0.119. The van der Waals surface area contributed by atoms with Gasteiger partial charge < -0.3 is 19.1 Å². The molecule has 1 unspecified atom stereocenters. The number of hydrogen-bond donors (Lipinski definition) is 0. The van der Waals surface area contributed by atoms with Crippen LogP contribution in [0.3, 0.4) is 0 Å². The fourth-order valence-corrected chi connectivity index (χ4v) is 7.76. The zero-order valence-corrected chi connectivity index (χ0v) is 35.0. The van der Waals surface area contributed by atoms with Crippen LogP contribution in [0.4, 0.5) is 18.9 Å². The number of thiazole rings is 1. The van der Waals surface area contributed by atoms with Crippen LogP contribution in [-0.2, 0) is 30.7 Å². The van der Waals surface area contributed by atoms with Crippen LogP contribution in [0.1, 0.15) is 27.9 Å². The van der Waals surface area contributed by atoms with Gasteiger partial charge in [0.25, 0.3) is 5.19 Å². The van der Waals surface area contributed by atoms with Crippen LogP contribution in [-0.4, -0.2) is 66.2 Å². The molecule has 0 amide bonds. The van der Waals surface area contributed by atoms with Crippen LogP contribution in [0.5, 0.6) is 16.8 Å². The minimum atomic E-state index is -4.57. The first-order valence-corrected chi connectivity index (χ1v) is 20.7. The van der Waals surface area contributed by atoms with Gasteiger partial charge in [-0.25, -0.2) is 29.9 Å². The molecule has 64 heavy (non-hydrogen) atoms. The molecule has 22 heteroatoms.